The van der Waals surface area contributed by atoms with Gasteiger partial charge in [0.25, 0.3) is 5.91 Å². The molecule has 2 aromatic heterocycles. The molecule has 0 aliphatic heterocycles. The Labute approximate surface area is 126 Å². The van der Waals surface area contributed by atoms with Crippen LogP contribution in [0.15, 0.2) is 48.7 Å². The van der Waals surface area contributed by atoms with Gasteiger partial charge in [-0.1, -0.05) is 23.7 Å². The van der Waals surface area contributed by atoms with Gasteiger partial charge in [0.1, 0.15) is 5.69 Å². The number of aryl methyl sites for hydroxylation is 1. The van der Waals surface area contributed by atoms with E-state index >= 15 is 0 Å². The van der Waals surface area contributed by atoms with Gasteiger partial charge in [0.15, 0.2) is 0 Å². The molecule has 1 amide bonds. The molecule has 0 saturated carbocycles. The Hall–Kier alpha value is -2.46. The van der Waals surface area contributed by atoms with E-state index < -0.39 is 0 Å². The predicted octanol–water partition coefficient (Wildman–Crippen LogP) is 3.84. The molecule has 0 unspecified atom stereocenters. The second kappa shape index (κ2) is 5.50. The largest absolute Gasteiger partial charge is 0.319 e. The van der Waals surface area contributed by atoms with Gasteiger partial charge in [-0.25, -0.2) is 4.98 Å². The van der Waals surface area contributed by atoms with Gasteiger partial charge < -0.3 is 5.32 Å². The lowest BCUT2D eigenvalue weighted by atomic mass is 10.2. The Morgan fingerprint density at radius 1 is 1.14 bits per heavy atom. The van der Waals surface area contributed by atoms with E-state index in [0.717, 1.165) is 11.1 Å². The predicted molar refractivity (Wildman–Crippen MR) is 83.7 cm³/mol. The molecule has 4 nitrogen and oxygen atoms in total. The lowest BCUT2D eigenvalue weighted by Gasteiger charge is -2.06. The highest BCUT2D eigenvalue weighted by atomic mass is 35.5. The summed E-state index contributed by atoms with van der Waals surface area (Å²) in [5, 5.41) is 4.30. The summed E-state index contributed by atoms with van der Waals surface area (Å²) < 4.78 is 0. The summed E-state index contributed by atoms with van der Waals surface area (Å²) in [6.07, 6.45) is 1.62. The topological polar surface area (TPSA) is 54.9 Å². The van der Waals surface area contributed by atoms with Crippen molar-refractivity contribution >= 4 is 34.1 Å². The number of amides is 1. The van der Waals surface area contributed by atoms with Crippen LogP contribution in [-0.2, 0) is 0 Å². The molecule has 0 saturated heterocycles. The molecule has 104 valence electrons. The van der Waals surface area contributed by atoms with E-state index in [1.54, 1.807) is 30.5 Å². The Kier molecular flexibility index (Phi) is 3.54. The summed E-state index contributed by atoms with van der Waals surface area (Å²) >= 11 is 5.95. The monoisotopic (exact) mass is 297 g/mol. The van der Waals surface area contributed by atoms with Crippen molar-refractivity contribution in [1.29, 1.82) is 0 Å². The van der Waals surface area contributed by atoms with E-state index in [-0.39, 0.29) is 5.91 Å². The lowest BCUT2D eigenvalue weighted by molar-refractivity contribution is 0.102. The lowest BCUT2D eigenvalue weighted by Crippen LogP contribution is -2.13. The Morgan fingerprint density at radius 2 is 1.95 bits per heavy atom. The van der Waals surface area contributed by atoms with Crippen molar-refractivity contribution in [3.63, 3.8) is 0 Å². The van der Waals surface area contributed by atoms with Gasteiger partial charge in [-0.3, -0.25) is 9.78 Å². The summed E-state index contributed by atoms with van der Waals surface area (Å²) in [6.45, 7) is 1.89. The quantitative estimate of drug-likeness (QED) is 0.782. The third-order valence-corrected chi connectivity index (χ3v) is 3.29. The fraction of sp³-hybridized carbons (Fsp3) is 0.0625. The van der Waals surface area contributed by atoms with Crippen LogP contribution in [0.25, 0.3) is 10.9 Å². The summed E-state index contributed by atoms with van der Waals surface area (Å²) in [4.78, 5) is 20.7. The Morgan fingerprint density at radius 3 is 2.71 bits per heavy atom. The molecule has 3 aromatic rings. The number of benzene rings is 1. The van der Waals surface area contributed by atoms with Crippen LogP contribution in [0.5, 0.6) is 0 Å². The zero-order valence-corrected chi connectivity index (χ0v) is 12.1. The first-order valence-electron chi connectivity index (χ1n) is 6.42. The normalized spacial score (nSPS) is 10.6. The highest BCUT2D eigenvalue weighted by molar-refractivity contribution is 6.31. The number of hydrogen-bond donors (Lipinski definition) is 1. The van der Waals surface area contributed by atoms with Crippen LogP contribution in [0, 0.1) is 6.92 Å². The Balaban J connectivity index is 1.88. The molecule has 2 heterocycles. The van der Waals surface area contributed by atoms with Crippen molar-refractivity contribution in [2.45, 2.75) is 6.92 Å². The average Bonchev–Trinajstić information content (AvgIpc) is 2.48. The number of hydrogen-bond acceptors (Lipinski definition) is 3. The second-order valence-electron chi connectivity index (χ2n) is 4.68. The molecular formula is C16H12ClN3O. The average molecular weight is 298 g/mol. The van der Waals surface area contributed by atoms with Crippen molar-refractivity contribution in [1.82, 2.24) is 9.97 Å². The van der Waals surface area contributed by atoms with E-state index in [1.165, 1.54) is 0 Å². The van der Waals surface area contributed by atoms with Crippen LogP contribution < -0.4 is 5.32 Å². The minimum atomic E-state index is -0.275. The van der Waals surface area contributed by atoms with Crippen LogP contribution in [0.3, 0.4) is 0 Å². The van der Waals surface area contributed by atoms with Crippen molar-refractivity contribution in [2.24, 2.45) is 0 Å². The number of carbonyl (C=O) groups excluding carboxylic acids is 1. The number of nitrogens with zero attached hydrogens (tertiary/aromatic N) is 2. The van der Waals surface area contributed by atoms with Gasteiger partial charge in [0.05, 0.1) is 17.4 Å². The van der Waals surface area contributed by atoms with Gasteiger partial charge in [-0.15, -0.1) is 0 Å². The summed E-state index contributed by atoms with van der Waals surface area (Å²) in [5.41, 5.74) is 2.56. The third kappa shape index (κ3) is 3.01. The number of nitrogens with one attached hydrogen (secondary N) is 1. The molecule has 21 heavy (non-hydrogen) atoms. The molecule has 5 heteroatoms. The first-order valence-corrected chi connectivity index (χ1v) is 6.80. The number of halogens is 1. The second-order valence-corrected chi connectivity index (χ2v) is 5.11. The van der Waals surface area contributed by atoms with Crippen molar-refractivity contribution < 1.29 is 4.79 Å². The molecule has 0 fully saturated rings. The maximum Gasteiger partial charge on any atom is 0.274 e. The highest BCUT2D eigenvalue weighted by Crippen LogP contribution is 2.18. The smallest absolute Gasteiger partial charge is 0.274 e. The van der Waals surface area contributed by atoms with Crippen LogP contribution >= 0.6 is 11.6 Å². The minimum Gasteiger partial charge on any atom is -0.319 e. The van der Waals surface area contributed by atoms with Gasteiger partial charge in [-0.05, 0) is 37.3 Å². The Bertz CT molecular complexity index is 815. The standard InChI is InChI=1S/C16H12ClN3O/c1-10-2-6-13(9-18-10)19-16(21)14-7-4-11-3-5-12(17)8-15(11)20-14/h2-9H,1H3,(H,19,21). The van der Waals surface area contributed by atoms with Gasteiger partial charge in [0.2, 0.25) is 0 Å². The van der Waals surface area contributed by atoms with Crippen molar-refractivity contribution in [3.8, 4) is 0 Å². The van der Waals surface area contributed by atoms with Crippen LogP contribution in [-0.4, -0.2) is 15.9 Å². The zero-order valence-electron chi connectivity index (χ0n) is 11.3. The molecule has 0 spiro atoms. The van der Waals surface area contributed by atoms with Crippen molar-refractivity contribution in [2.75, 3.05) is 5.32 Å². The highest BCUT2D eigenvalue weighted by Gasteiger charge is 2.09. The molecule has 0 bridgehead atoms. The number of rotatable bonds is 2. The van der Waals surface area contributed by atoms with Crippen LogP contribution in [0.4, 0.5) is 5.69 Å². The molecule has 1 aromatic carbocycles. The van der Waals surface area contributed by atoms with E-state index in [9.17, 15) is 4.79 Å². The zero-order chi connectivity index (χ0) is 14.8. The minimum absolute atomic E-state index is 0.275. The third-order valence-electron chi connectivity index (χ3n) is 3.06. The first-order chi connectivity index (χ1) is 10.1. The fourth-order valence-corrected chi connectivity index (χ4v) is 2.12. The van der Waals surface area contributed by atoms with E-state index in [0.29, 0.717) is 21.9 Å². The molecule has 0 atom stereocenters. The SMILES string of the molecule is Cc1ccc(NC(=O)c2ccc3ccc(Cl)cc3n2)cn1. The summed E-state index contributed by atoms with van der Waals surface area (Å²) in [7, 11) is 0. The van der Waals surface area contributed by atoms with Gasteiger partial charge in [-0.2, -0.15) is 0 Å². The van der Waals surface area contributed by atoms with E-state index in [4.69, 9.17) is 11.6 Å². The summed E-state index contributed by atoms with van der Waals surface area (Å²) in [6, 6.07) is 12.6. The summed E-state index contributed by atoms with van der Waals surface area (Å²) in [5.74, 6) is -0.275. The molecule has 0 radical (unpaired) electrons. The number of anilines is 1. The molecule has 1 N–H and O–H groups in total. The molecule has 3 rings (SSSR count). The maximum atomic E-state index is 12.2. The molecule has 0 aliphatic rings. The number of aromatic nitrogens is 2. The van der Waals surface area contributed by atoms with Crippen LogP contribution in [0.1, 0.15) is 16.2 Å². The molecular weight excluding hydrogens is 286 g/mol. The van der Waals surface area contributed by atoms with Crippen LogP contribution in [0.2, 0.25) is 5.02 Å². The fourth-order valence-electron chi connectivity index (χ4n) is 1.95. The van der Waals surface area contributed by atoms with E-state index in [2.05, 4.69) is 15.3 Å². The number of pyridine rings is 2. The number of carbonyl (C=O) groups is 1. The first kappa shape index (κ1) is 13.5. The van der Waals surface area contributed by atoms with Gasteiger partial charge in [0, 0.05) is 16.1 Å². The maximum absolute atomic E-state index is 12.2. The van der Waals surface area contributed by atoms with Gasteiger partial charge >= 0.3 is 0 Å². The van der Waals surface area contributed by atoms with E-state index in [1.807, 2.05) is 25.1 Å². The number of fused-ring (bicyclic) bond motifs is 1. The van der Waals surface area contributed by atoms with Crippen molar-refractivity contribution in [3.05, 3.63) is 65.1 Å². The molecule has 0 aliphatic carbocycles.